The molecule has 0 saturated carbocycles. The van der Waals surface area contributed by atoms with E-state index in [0.717, 1.165) is 11.3 Å². The first-order valence-corrected chi connectivity index (χ1v) is 6.25. The van der Waals surface area contributed by atoms with E-state index in [1.165, 1.54) is 0 Å². The number of amides is 2. The van der Waals surface area contributed by atoms with Gasteiger partial charge in [-0.15, -0.1) is 0 Å². The van der Waals surface area contributed by atoms with Crippen LogP contribution in [0.5, 0.6) is 0 Å². The van der Waals surface area contributed by atoms with Gasteiger partial charge in [0.05, 0.1) is 12.1 Å². The van der Waals surface area contributed by atoms with Gasteiger partial charge in [-0.05, 0) is 50.7 Å². The highest BCUT2D eigenvalue weighted by Crippen LogP contribution is 2.17. The minimum atomic E-state index is -0.191. The Morgan fingerprint density at radius 3 is 2.78 bits per heavy atom. The number of hydrogen-bond acceptors (Lipinski definition) is 2. The summed E-state index contributed by atoms with van der Waals surface area (Å²) in [6, 6.07) is 7.50. The monoisotopic (exact) mass is 263 g/mol. The highest BCUT2D eigenvalue weighted by molar-refractivity contribution is 7.80. The zero-order valence-corrected chi connectivity index (χ0v) is 11.6. The van der Waals surface area contributed by atoms with E-state index >= 15 is 0 Å². The van der Waals surface area contributed by atoms with Crippen LogP contribution in [0, 0.1) is 6.92 Å². The Morgan fingerprint density at radius 1 is 1.50 bits per heavy atom. The number of urea groups is 1. The van der Waals surface area contributed by atoms with Gasteiger partial charge in [0.2, 0.25) is 0 Å². The Bertz CT molecular complexity index is 499. The van der Waals surface area contributed by atoms with Crippen LogP contribution in [0.2, 0.25) is 0 Å². The molecule has 0 bridgehead atoms. The summed E-state index contributed by atoms with van der Waals surface area (Å²) in [5.74, 6) is 0. The molecule has 96 valence electrons. The van der Waals surface area contributed by atoms with Gasteiger partial charge >= 0.3 is 6.03 Å². The van der Waals surface area contributed by atoms with Crippen LogP contribution in [0.4, 0.5) is 10.5 Å². The molecular formula is C13H17N3OS. The molecule has 2 rings (SSSR count). The Labute approximate surface area is 112 Å². The Hall–Kier alpha value is -1.62. The van der Waals surface area contributed by atoms with E-state index in [4.69, 9.17) is 12.2 Å². The van der Waals surface area contributed by atoms with Crippen LogP contribution in [-0.4, -0.2) is 28.1 Å². The third-order valence-electron chi connectivity index (χ3n) is 2.76. The summed E-state index contributed by atoms with van der Waals surface area (Å²) in [7, 11) is 0. The first-order chi connectivity index (χ1) is 8.37. The molecule has 1 saturated heterocycles. The molecule has 18 heavy (non-hydrogen) atoms. The zero-order chi connectivity index (χ0) is 13.3. The van der Waals surface area contributed by atoms with Gasteiger partial charge < -0.3 is 10.6 Å². The van der Waals surface area contributed by atoms with Gasteiger partial charge in [-0.3, -0.25) is 4.90 Å². The van der Waals surface area contributed by atoms with E-state index in [1.807, 2.05) is 45.0 Å². The molecule has 0 unspecified atom stereocenters. The second-order valence-electron chi connectivity index (χ2n) is 5.20. The van der Waals surface area contributed by atoms with Gasteiger partial charge in [0, 0.05) is 5.69 Å². The van der Waals surface area contributed by atoms with Crippen molar-refractivity contribution in [3.8, 4) is 0 Å². The molecule has 0 aliphatic carbocycles. The van der Waals surface area contributed by atoms with Gasteiger partial charge in [-0.25, -0.2) is 4.79 Å². The van der Waals surface area contributed by atoms with Crippen LogP contribution in [0.1, 0.15) is 19.4 Å². The lowest BCUT2D eigenvalue weighted by atomic mass is 10.1. The minimum Gasteiger partial charge on any atom is -0.355 e. The van der Waals surface area contributed by atoms with Gasteiger partial charge in [-0.2, -0.15) is 0 Å². The molecule has 4 nitrogen and oxygen atoms in total. The summed E-state index contributed by atoms with van der Waals surface area (Å²) in [6.45, 7) is 6.59. The highest BCUT2D eigenvalue weighted by atomic mass is 32.1. The SMILES string of the molecule is Cc1cccc(NC(=O)N2CC(C)(C)NC2=S)c1. The third kappa shape index (κ3) is 2.79. The summed E-state index contributed by atoms with van der Waals surface area (Å²) >= 11 is 5.16. The molecule has 1 heterocycles. The second kappa shape index (κ2) is 4.57. The van der Waals surface area contributed by atoms with Crippen molar-refractivity contribution in [3.05, 3.63) is 29.8 Å². The fourth-order valence-electron chi connectivity index (χ4n) is 1.94. The summed E-state index contributed by atoms with van der Waals surface area (Å²) in [6.07, 6.45) is 0. The van der Waals surface area contributed by atoms with E-state index in [1.54, 1.807) is 4.90 Å². The molecule has 2 amide bonds. The lowest BCUT2D eigenvalue weighted by molar-refractivity contribution is 0.233. The van der Waals surface area contributed by atoms with Crippen molar-refractivity contribution in [2.45, 2.75) is 26.3 Å². The van der Waals surface area contributed by atoms with Crippen LogP contribution in [0.15, 0.2) is 24.3 Å². The molecule has 1 aromatic rings. The maximum absolute atomic E-state index is 12.1. The van der Waals surface area contributed by atoms with Crippen molar-refractivity contribution >= 4 is 29.0 Å². The van der Waals surface area contributed by atoms with Crippen LogP contribution in [0.3, 0.4) is 0 Å². The fraction of sp³-hybridized carbons (Fsp3) is 0.385. The highest BCUT2D eigenvalue weighted by Gasteiger charge is 2.35. The van der Waals surface area contributed by atoms with E-state index < -0.39 is 0 Å². The number of hydrogen-bond donors (Lipinski definition) is 2. The van der Waals surface area contributed by atoms with Crippen molar-refractivity contribution in [2.75, 3.05) is 11.9 Å². The maximum atomic E-state index is 12.1. The predicted molar refractivity (Wildman–Crippen MR) is 76.7 cm³/mol. The maximum Gasteiger partial charge on any atom is 0.328 e. The smallest absolute Gasteiger partial charge is 0.328 e. The Kier molecular flexibility index (Phi) is 3.26. The number of benzene rings is 1. The van der Waals surface area contributed by atoms with Gasteiger partial charge in [0.15, 0.2) is 5.11 Å². The molecule has 5 heteroatoms. The Morgan fingerprint density at radius 2 is 2.22 bits per heavy atom. The molecule has 0 radical (unpaired) electrons. The van der Waals surface area contributed by atoms with Gasteiger partial charge in [-0.1, -0.05) is 12.1 Å². The van der Waals surface area contributed by atoms with E-state index in [-0.39, 0.29) is 11.6 Å². The molecule has 1 aliphatic rings. The number of carbonyl (C=O) groups excluding carboxylic acids is 1. The topological polar surface area (TPSA) is 44.4 Å². The van der Waals surface area contributed by atoms with Crippen LogP contribution in [-0.2, 0) is 0 Å². The second-order valence-corrected chi connectivity index (χ2v) is 5.59. The molecule has 1 aromatic carbocycles. The standard InChI is InChI=1S/C13H17N3OS/c1-9-5-4-6-10(7-9)14-11(17)16-8-13(2,3)15-12(16)18/h4-7H,8H2,1-3H3,(H,14,17)(H,15,18). The molecule has 0 spiro atoms. The van der Waals surface area contributed by atoms with Gasteiger partial charge in [0.25, 0.3) is 0 Å². The van der Waals surface area contributed by atoms with Crippen molar-refractivity contribution < 1.29 is 4.79 Å². The van der Waals surface area contributed by atoms with Crippen LogP contribution < -0.4 is 10.6 Å². The molecular weight excluding hydrogens is 246 g/mol. The van der Waals surface area contributed by atoms with E-state index in [2.05, 4.69) is 10.6 Å². The average Bonchev–Trinajstić information content (AvgIpc) is 2.52. The summed E-state index contributed by atoms with van der Waals surface area (Å²) in [4.78, 5) is 13.7. The first-order valence-electron chi connectivity index (χ1n) is 5.85. The van der Waals surface area contributed by atoms with Crippen LogP contribution in [0.25, 0.3) is 0 Å². The van der Waals surface area contributed by atoms with Crippen LogP contribution >= 0.6 is 12.2 Å². The fourth-order valence-corrected chi connectivity index (χ4v) is 2.37. The molecule has 0 atom stereocenters. The normalized spacial score (nSPS) is 17.5. The van der Waals surface area contributed by atoms with Crippen molar-refractivity contribution in [1.82, 2.24) is 10.2 Å². The number of aryl methyl sites for hydroxylation is 1. The Balaban J connectivity index is 2.07. The lowest BCUT2D eigenvalue weighted by Gasteiger charge is -2.18. The van der Waals surface area contributed by atoms with E-state index in [9.17, 15) is 4.79 Å². The van der Waals surface area contributed by atoms with Crippen molar-refractivity contribution in [2.24, 2.45) is 0 Å². The zero-order valence-electron chi connectivity index (χ0n) is 10.8. The summed E-state index contributed by atoms with van der Waals surface area (Å²) < 4.78 is 0. The number of nitrogens with zero attached hydrogens (tertiary/aromatic N) is 1. The molecule has 1 fully saturated rings. The van der Waals surface area contributed by atoms with E-state index in [0.29, 0.717) is 11.7 Å². The third-order valence-corrected chi connectivity index (χ3v) is 3.08. The van der Waals surface area contributed by atoms with Crippen molar-refractivity contribution in [3.63, 3.8) is 0 Å². The number of carbonyl (C=O) groups is 1. The number of nitrogens with one attached hydrogen (secondary N) is 2. The quantitative estimate of drug-likeness (QED) is 0.765. The number of anilines is 1. The number of rotatable bonds is 1. The predicted octanol–water partition coefficient (Wildman–Crippen LogP) is 2.50. The van der Waals surface area contributed by atoms with Crippen molar-refractivity contribution in [1.29, 1.82) is 0 Å². The first kappa shape index (κ1) is 12.8. The molecule has 2 N–H and O–H groups in total. The molecule has 0 aromatic heterocycles. The summed E-state index contributed by atoms with van der Waals surface area (Å²) in [5.41, 5.74) is 1.73. The largest absolute Gasteiger partial charge is 0.355 e. The summed E-state index contributed by atoms with van der Waals surface area (Å²) in [5, 5.41) is 6.45. The van der Waals surface area contributed by atoms with Gasteiger partial charge in [0.1, 0.15) is 0 Å². The molecule has 1 aliphatic heterocycles. The number of thiocarbonyl (C=S) groups is 1. The minimum absolute atomic E-state index is 0.166. The lowest BCUT2D eigenvalue weighted by Crippen LogP contribution is -2.37. The average molecular weight is 263 g/mol.